The molecule has 4 aromatic rings. The Morgan fingerprint density at radius 3 is 2.11 bits per heavy atom. The SMILES string of the molecule is O=C(O)c1ccc(OCCCCn2c3ccccc3c3ccccc32)cc1CCOCCOCCO. The van der Waals surface area contributed by atoms with Crippen LogP contribution in [0.25, 0.3) is 21.8 Å². The normalized spacial score (nSPS) is 11.4. The maximum absolute atomic E-state index is 11.6. The Hall–Kier alpha value is -3.39. The van der Waals surface area contributed by atoms with E-state index in [0.717, 1.165) is 19.4 Å². The van der Waals surface area contributed by atoms with Crippen molar-refractivity contribution in [2.45, 2.75) is 25.8 Å². The van der Waals surface area contributed by atoms with E-state index in [4.69, 9.17) is 19.3 Å². The highest BCUT2D eigenvalue weighted by molar-refractivity contribution is 6.07. The molecular formula is C29H33NO6. The Bertz CT molecular complexity index is 1230. The monoisotopic (exact) mass is 491 g/mol. The molecule has 36 heavy (non-hydrogen) atoms. The van der Waals surface area contributed by atoms with Gasteiger partial charge in [0.2, 0.25) is 0 Å². The zero-order valence-corrected chi connectivity index (χ0v) is 20.4. The van der Waals surface area contributed by atoms with E-state index in [-0.39, 0.29) is 18.8 Å². The maximum atomic E-state index is 11.6. The Morgan fingerprint density at radius 1 is 0.778 bits per heavy atom. The first-order chi connectivity index (χ1) is 17.7. The molecule has 3 aromatic carbocycles. The van der Waals surface area contributed by atoms with Gasteiger partial charge in [0.25, 0.3) is 0 Å². The molecule has 0 amide bonds. The van der Waals surface area contributed by atoms with Crippen LogP contribution in [0.5, 0.6) is 5.75 Å². The van der Waals surface area contributed by atoms with Crippen molar-refractivity contribution in [3.05, 3.63) is 77.9 Å². The van der Waals surface area contributed by atoms with Crippen LogP contribution in [0, 0.1) is 0 Å². The molecule has 0 radical (unpaired) electrons. The number of unbranched alkanes of at least 4 members (excludes halogenated alkanes) is 1. The lowest BCUT2D eigenvalue weighted by molar-refractivity contribution is 0.0339. The largest absolute Gasteiger partial charge is 0.494 e. The maximum Gasteiger partial charge on any atom is 0.335 e. The lowest BCUT2D eigenvalue weighted by Gasteiger charge is -2.12. The van der Waals surface area contributed by atoms with Crippen LogP contribution >= 0.6 is 0 Å². The molecule has 0 aliphatic heterocycles. The third-order valence-electron chi connectivity index (χ3n) is 6.16. The highest BCUT2D eigenvalue weighted by Crippen LogP contribution is 2.29. The number of rotatable bonds is 15. The Morgan fingerprint density at radius 2 is 1.44 bits per heavy atom. The molecule has 0 atom stereocenters. The summed E-state index contributed by atoms with van der Waals surface area (Å²) in [5.74, 6) is -0.299. The molecule has 0 aliphatic carbocycles. The molecule has 7 nitrogen and oxygen atoms in total. The lowest BCUT2D eigenvalue weighted by Crippen LogP contribution is -2.11. The third kappa shape index (κ3) is 6.43. The zero-order chi connectivity index (χ0) is 25.2. The van der Waals surface area contributed by atoms with Crippen molar-refractivity contribution in [1.29, 1.82) is 0 Å². The van der Waals surface area contributed by atoms with Crippen molar-refractivity contribution in [1.82, 2.24) is 4.57 Å². The number of carboxylic acid groups (broad SMARTS) is 1. The minimum absolute atomic E-state index is 0.0189. The summed E-state index contributed by atoms with van der Waals surface area (Å²) in [5.41, 5.74) is 3.43. The molecule has 0 fully saturated rings. The van der Waals surface area contributed by atoms with Crippen LogP contribution < -0.4 is 4.74 Å². The number of aryl methyl sites for hydroxylation is 1. The number of aromatic carboxylic acids is 1. The molecule has 0 unspecified atom stereocenters. The number of carbonyl (C=O) groups is 1. The summed E-state index contributed by atoms with van der Waals surface area (Å²) in [6.07, 6.45) is 2.31. The highest BCUT2D eigenvalue weighted by atomic mass is 16.5. The number of nitrogens with zero attached hydrogens (tertiary/aromatic N) is 1. The summed E-state index contributed by atoms with van der Waals surface area (Å²) in [7, 11) is 0. The summed E-state index contributed by atoms with van der Waals surface area (Å²) in [6, 6.07) is 22.1. The van der Waals surface area contributed by atoms with E-state index >= 15 is 0 Å². The average molecular weight is 492 g/mol. The van der Waals surface area contributed by atoms with E-state index < -0.39 is 5.97 Å². The average Bonchev–Trinajstić information content (AvgIpc) is 3.22. The van der Waals surface area contributed by atoms with Gasteiger partial charge in [0.1, 0.15) is 5.75 Å². The van der Waals surface area contributed by atoms with E-state index in [9.17, 15) is 9.90 Å². The van der Waals surface area contributed by atoms with Crippen LogP contribution in [0.3, 0.4) is 0 Å². The first-order valence-electron chi connectivity index (χ1n) is 12.4. The second-order valence-electron chi connectivity index (χ2n) is 8.56. The minimum Gasteiger partial charge on any atom is -0.494 e. The second-order valence-corrected chi connectivity index (χ2v) is 8.56. The number of aromatic nitrogens is 1. The van der Waals surface area contributed by atoms with Crippen LogP contribution in [-0.2, 0) is 22.4 Å². The number of aliphatic hydroxyl groups excluding tert-OH is 1. The van der Waals surface area contributed by atoms with Crippen molar-refractivity contribution >= 4 is 27.8 Å². The summed E-state index contributed by atoms with van der Waals surface area (Å²) >= 11 is 0. The fourth-order valence-electron chi connectivity index (χ4n) is 4.45. The summed E-state index contributed by atoms with van der Waals surface area (Å²) in [5, 5.41) is 20.8. The van der Waals surface area contributed by atoms with Crippen molar-refractivity contribution in [3.8, 4) is 5.75 Å². The molecule has 190 valence electrons. The fraction of sp³-hybridized carbons (Fsp3) is 0.345. The van der Waals surface area contributed by atoms with E-state index in [2.05, 4.69) is 53.1 Å². The number of aliphatic hydroxyl groups is 1. The van der Waals surface area contributed by atoms with Gasteiger partial charge in [-0.1, -0.05) is 36.4 Å². The van der Waals surface area contributed by atoms with Crippen LogP contribution in [0.15, 0.2) is 66.7 Å². The first-order valence-corrected chi connectivity index (χ1v) is 12.4. The van der Waals surface area contributed by atoms with Gasteiger partial charge in [-0.2, -0.15) is 0 Å². The number of carboxylic acids is 1. The Kier molecular flexibility index (Phi) is 9.33. The highest BCUT2D eigenvalue weighted by Gasteiger charge is 2.12. The Balaban J connectivity index is 1.29. The minimum atomic E-state index is -0.964. The number of ether oxygens (including phenoxy) is 3. The molecule has 0 bridgehead atoms. The van der Waals surface area contributed by atoms with Crippen molar-refractivity contribution in [3.63, 3.8) is 0 Å². The van der Waals surface area contributed by atoms with Gasteiger partial charge in [-0.25, -0.2) is 4.79 Å². The van der Waals surface area contributed by atoms with Crippen LogP contribution in [0.1, 0.15) is 28.8 Å². The quantitative estimate of drug-likeness (QED) is 0.230. The van der Waals surface area contributed by atoms with Crippen molar-refractivity contribution in [2.75, 3.05) is 39.6 Å². The van der Waals surface area contributed by atoms with E-state index in [1.165, 1.54) is 21.8 Å². The predicted molar refractivity (Wildman–Crippen MR) is 140 cm³/mol. The van der Waals surface area contributed by atoms with Gasteiger partial charge < -0.3 is 29.0 Å². The van der Waals surface area contributed by atoms with Crippen LogP contribution in [0.4, 0.5) is 0 Å². The number of benzene rings is 3. The lowest BCUT2D eigenvalue weighted by atomic mass is 10.0. The number of hydrogen-bond donors (Lipinski definition) is 2. The van der Waals surface area contributed by atoms with Gasteiger partial charge in [-0.05, 0) is 55.2 Å². The fourth-order valence-corrected chi connectivity index (χ4v) is 4.45. The Labute approximate surface area is 210 Å². The first kappa shape index (κ1) is 25.7. The van der Waals surface area contributed by atoms with Gasteiger partial charge in [0.05, 0.1) is 45.2 Å². The number of para-hydroxylation sites is 2. The third-order valence-corrected chi connectivity index (χ3v) is 6.16. The number of hydrogen-bond acceptors (Lipinski definition) is 5. The molecule has 0 aliphatic rings. The zero-order valence-electron chi connectivity index (χ0n) is 20.4. The summed E-state index contributed by atoms with van der Waals surface area (Å²) < 4.78 is 19.0. The topological polar surface area (TPSA) is 90.2 Å². The van der Waals surface area contributed by atoms with Gasteiger partial charge in [0.15, 0.2) is 0 Å². The van der Waals surface area contributed by atoms with Crippen molar-refractivity contribution < 1.29 is 29.2 Å². The summed E-state index contributed by atoms with van der Waals surface area (Å²) in [6.45, 7) is 2.89. The van der Waals surface area contributed by atoms with Crippen LogP contribution in [-0.4, -0.2) is 60.4 Å². The molecule has 7 heteroatoms. The second kappa shape index (κ2) is 13.1. The van der Waals surface area contributed by atoms with E-state index in [1.807, 2.05) is 0 Å². The van der Waals surface area contributed by atoms with Crippen LogP contribution in [0.2, 0.25) is 0 Å². The summed E-state index contributed by atoms with van der Waals surface area (Å²) in [4.78, 5) is 11.6. The molecule has 0 saturated carbocycles. The van der Waals surface area contributed by atoms with Gasteiger partial charge in [-0.15, -0.1) is 0 Å². The van der Waals surface area contributed by atoms with E-state index in [1.54, 1.807) is 18.2 Å². The molecule has 1 heterocycles. The van der Waals surface area contributed by atoms with Gasteiger partial charge in [-0.3, -0.25) is 0 Å². The predicted octanol–water partition coefficient (Wildman–Crippen LogP) is 4.92. The van der Waals surface area contributed by atoms with Gasteiger partial charge >= 0.3 is 5.97 Å². The molecule has 0 spiro atoms. The standard InChI is InChI=1S/C29H33NO6/c31-15-18-35-20-19-34-17-13-22-21-23(11-12-24(22)29(32)33)36-16-6-5-14-30-27-9-3-1-7-25(27)26-8-2-4-10-28(26)30/h1-4,7-12,21,31H,5-6,13-20H2,(H,32,33). The molecule has 0 saturated heterocycles. The van der Waals surface area contributed by atoms with Gasteiger partial charge in [0, 0.05) is 28.4 Å². The molecule has 2 N–H and O–H groups in total. The van der Waals surface area contributed by atoms with E-state index in [0.29, 0.717) is 44.2 Å². The van der Waals surface area contributed by atoms with Crippen molar-refractivity contribution in [2.24, 2.45) is 0 Å². The smallest absolute Gasteiger partial charge is 0.335 e. The molecule has 1 aromatic heterocycles. The molecular weight excluding hydrogens is 458 g/mol. The number of fused-ring (bicyclic) bond motifs is 3. The molecule has 4 rings (SSSR count).